The maximum Gasteiger partial charge on any atom is -0.0143 e. The lowest BCUT2D eigenvalue weighted by Crippen LogP contribution is -2.35. The molecule has 3 aliphatic carbocycles. The Labute approximate surface area is 181 Å². The van der Waals surface area contributed by atoms with Crippen LogP contribution in [0.15, 0.2) is 47.6 Å². The highest BCUT2D eigenvalue weighted by atomic mass is 14.5. The Hall–Kier alpha value is -1.04. The van der Waals surface area contributed by atoms with Crippen molar-refractivity contribution in [2.45, 2.75) is 92.9 Å². The molecule has 0 aromatic rings. The average Bonchev–Trinajstić information content (AvgIpc) is 3.04. The summed E-state index contributed by atoms with van der Waals surface area (Å²) < 4.78 is 0. The monoisotopic (exact) mass is 394 g/mol. The largest absolute Gasteiger partial charge is 0.0956 e. The summed E-state index contributed by atoms with van der Waals surface area (Å²) in [6.07, 6.45) is 20.7. The van der Waals surface area contributed by atoms with Crippen LogP contribution in [0, 0.1) is 40.9 Å². The lowest BCUT2D eigenvalue weighted by molar-refractivity contribution is 0.112. The number of hydrogen-bond acceptors (Lipinski definition) is 0. The summed E-state index contributed by atoms with van der Waals surface area (Å²) >= 11 is 0. The Bertz CT molecular complexity index is 672. The first-order valence-corrected chi connectivity index (χ1v) is 12.5. The van der Waals surface area contributed by atoms with Crippen molar-refractivity contribution in [1.82, 2.24) is 0 Å². The minimum Gasteiger partial charge on any atom is -0.0956 e. The zero-order valence-electron chi connectivity index (χ0n) is 20.1. The first-order valence-electron chi connectivity index (χ1n) is 12.5. The predicted octanol–water partition coefficient (Wildman–Crippen LogP) is 8.92. The van der Waals surface area contributed by atoms with Gasteiger partial charge in [-0.3, -0.25) is 0 Å². The highest BCUT2D eigenvalue weighted by Crippen LogP contribution is 2.59. The first-order chi connectivity index (χ1) is 13.7. The lowest BCUT2D eigenvalue weighted by atomic mass is 9.61. The normalized spacial score (nSPS) is 38.2. The van der Waals surface area contributed by atoms with E-state index in [4.69, 9.17) is 0 Å². The van der Waals surface area contributed by atoms with Crippen molar-refractivity contribution < 1.29 is 0 Å². The molecule has 0 nitrogen and oxygen atoms in total. The molecular formula is C29H46. The average molecular weight is 395 g/mol. The van der Waals surface area contributed by atoms with Gasteiger partial charge in [0.15, 0.2) is 0 Å². The number of allylic oxidation sites excluding steroid dienone is 7. The molecule has 3 aliphatic rings. The predicted molar refractivity (Wildman–Crippen MR) is 129 cm³/mol. The van der Waals surface area contributed by atoms with Crippen LogP contribution in [0.5, 0.6) is 0 Å². The van der Waals surface area contributed by atoms with E-state index in [-0.39, 0.29) is 0 Å². The van der Waals surface area contributed by atoms with Crippen molar-refractivity contribution in [2.75, 3.05) is 0 Å². The standard InChI is InChI=1S/C29H46/c1-20(2)22(4)12-13-24(6)27-16-17-28-25(9-8-18-29(27,28)7)14-15-26-19-21(3)10-11-23(26)5/h12-15,20-22,24,27-28H,5,8-11,16-19H2,1-4,6-7H3/b13-12+,25-14+,26-15-. The van der Waals surface area contributed by atoms with Crippen LogP contribution in [-0.4, -0.2) is 0 Å². The van der Waals surface area contributed by atoms with E-state index in [1.807, 2.05) is 0 Å². The Kier molecular flexibility index (Phi) is 7.34. The van der Waals surface area contributed by atoms with Gasteiger partial charge in [0.2, 0.25) is 0 Å². The molecule has 6 atom stereocenters. The zero-order chi connectivity index (χ0) is 21.2. The molecule has 29 heavy (non-hydrogen) atoms. The van der Waals surface area contributed by atoms with Gasteiger partial charge in [0.1, 0.15) is 0 Å². The molecule has 162 valence electrons. The molecule has 0 amide bonds. The van der Waals surface area contributed by atoms with Crippen LogP contribution in [0.4, 0.5) is 0 Å². The second-order valence-corrected chi connectivity index (χ2v) is 11.3. The molecule has 6 unspecified atom stereocenters. The molecule has 0 radical (unpaired) electrons. The van der Waals surface area contributed by atoms with Crippen molar-refractivity contribution in [2.24, 2.45) is 40.9 Å². The second-order valence-electron chi connectivity index (χ2n) is 11.3. The van der Waals surface area contributed by atoms with Gasteiger partial charge in [0, 0.05) is 0 Å². The minimum absolute atomic E-state index is 0.490. The molecule has 0 heterocycles. The Morgan fingerprint density at radius 2 is 1.76 bits per heavy atom. The van der Waals surface area contributed by atoms with E-state index in [2.05, 4.69) is 72.4 Å². The van der Waals surface area contributed by atoms with E-state index >= 15 is 0 Å². The summed E-state index contributed by atoms with van der Waals surface area (Å²) in [6, 6.07) is 0. The zero-order valence-corrected chi connectivity index (χ0v) is 20.1. The third-order valence-electron chi connectivity index (χ3n) is 8.90. The van der Waals surface area contributed by atoms with E-state index < -0.39 is 0 Å². The Morgan fingerprint density at radius 3 is 2.48 bits per heavy atom. The van der Waals surface area contributed by atoms with Crippen LogP contribution >= 0.6 is 0 Å². The fraction of sp³-hybridized carbons (Fsp3) is 0.724. The quantitative estimate of drug-likeness (QED) is 0.408. The molecule has 3 saturated carbocycles. The Morgan fingerprint density at radius 1 is 1.00 bits per heavy atom. The number of fused-ring (bicyclic) bond motifs is 1. The van der Waals surface area contributed by atoms with Crippen LogP contribution in [-0.2, 0) is 0 Å². The summed E-state index contributed by atoms with van der Waals surface area (Å²) in [7, 11) is 0. The van der Waals surface area contributed by atoms with Crippen LogP contribution in [0.3, 0.4) is 0 Å². The maximum atomic E-state index is 4.35. The maximum absolute atomic E-state index is 4.35. The van der Waals surface area contributed by atoms with Gasteiger partial charge in [-0.1, -0.05) is 83.6 Å². The van der Waals surface area contributed by atoms with Gasteiger partial charge in [-0.25, -0.2) is 0 Å². The van der Waals surface area contributed by atoms with E-state index in [1.165, 1.54) is 62.5 Å². The van der Waals surface area contributed by atoms with Gasteiger partial charge >= 0.3 is 0 Å². The molecule has 3 fully saturated rings. The first kappa shape index (κ1) is 22.6. The van der Waals surface area contributed by atoms with Crippen LogP contribution in [0.2, 0.25) is 0 Å². The Balaban J connectivity index is 1.75. The van der Waals surface area contributed by atoms with E-state index in [9.17, 15) is 0 Å². The van der Waals surface area contributed by atoms with Crippen LogP contribution in [0.25, 0.3) is 0 Å². The summed E-state index contributed by atoms with van der Waals surface area (Å²) in [4.78, 5) is 0. The molecule has 0 aliphatic heterocycles. The molecule has 0 bridgehead atoms. The SMILES string of the molecule is C=C1CCC(C)C/C1=C/C=C1\CCCC2(C)C1CCC2C(C)/C=C/C(C)C(C)C. The molecular weight excluding hydrogens is 348 g/mol. The van der Waals surface area contributed by atoms with Gasteiger partial charge in [-0.05, 0) is 97.9 Å². The summed E-state index contributed by atoms with van der Waals surface area (Å²) in [5.74, 6) is 4.57. The second kappa shape index (κ2) is 9.40. The van der Waals surface area contributed by atoms with Crippen LogP contribution in [0.1, 0.15) is 92.9 Å². The highest BCUT2D eigenvalue weighted by Gasteiger charge is 2.50. The van der Waals surface area contributed by atoms with Crippen molar-refractivity contribution in [3.8, 4) is 0 Å². The highest BCUT2D eigenvalue weighted by molar-refractivity contribution is 5.36. The van der Waals surface area contributed by atoms with E-state index in [0.29, 0.717) is 17.3 Å². The van der Waals surface area contributed by atoms with Gasteiger partial charge in [0.25, 0.3) is 0 Å². The van der Waals surface area contributed by atoms with Gasteiger partial charge in [-0.15, -0.1) is 0 Å². The van der Waals surface area contributed by atoms with Crippen molar-refractivity contribution in [3.63, 3.8) is 0 Å². The summed E-state index contributed by atoms with van der Waals surface area (Å²) in [5, 5.41) is 0. The third kappa shape index (κ3) is 5.00. The topological polar surface area (TPSA) is 0 Å². The van der Waals surface area contributed by atoms with Crippen LogP contribution < -0.4 is 0 Å². The summed E-state index contributed by atoms with van der Waals surface area (Å²) in [5.41, 5.74) is 5.15. The molecule has 0 aromatic carbocycles. The van der Waals surface area contributed by atoms with Crippen molar-refractivity contribution in [1.29, 1.82) is 0 Å². The van der Waals surface area contributed by atoms with Gasteiger partial charge in [0.05, 0.1) is 0 Å². The van der Waals surface area contributed by atoms with E-state index in [1.54, 1.807) is 5.57 Å². The number of rotatable bonds is 5. The van der Waals surface area contributed by atoms with Crippen molar-refractivity contribution in [3.05, 3.63) is 47.6 Å². The fourth-order valence-corrected chi connectivity index (χ4v) is 6.45. The molecule has 0 saturated heterocycles. The molecule has 0 N–H and O–H groups in total. The van der Waals surface area contributed by atoms with Crippen molar-refractivity contribution >= 4 is 0 Å². The fourth-order valence-electron chi connectivity index (χ4n) is 6.45. The third-order valence-corrected chi connectivity index (χ3v) is 8.90. The van der Waals surface area contributed by atoms with Gasteiger partial charge < -0.3 is 0 Å². The lowest BCUT2D eigenvalue weighted by Gasteiger charge is -2.44. The summed E-state index contributed by atoms with van der Waals surface area (Å²) in [6.45, 7) is 18.9. The number of hydrogen-bond donors (Lipinski definition) is 0. The molecule has 0 spiro atoms. The molecule has 0 heteroatoms. The van der Waals surface area contributed by atoms with Gasteiger partial charge in [-0.2, -0.15) is 0 Å². The van der Waals surface area contributed by atoms with E-state index in [0.717, 1.165) is 23.7 Å². The molecule has 0 aromatic heterocycles. The molecule has 3 rings (SSSR count). The smallest absolute Gasteiger partial charge is 0.0143 e. The minimum atomic E-state index is 0.490.